The number of hydrogen-bond acceptors (Lipinski definition) is 4. The number of aliphatic hydroxyl groups excluding tert-OH is 1. The molecule has 1 saturated carbocycles. The maximum Gasteiger partial charge on any atom is 0.251 e. The SMILES string of the molecule is COc1cccc(C2(CNC(=O)CN3CCCCC(O)C3=O)CC2)c1. The van der Waals surface area contributed by atoms with Gasteiger partial charge in [-0.3, -0.25) is 9.59 Å². The molecule has 1 heterocycles. The number of aliphatic hydroxyl groups is 1. The molecule has 1 aromatic rings. The van der Waals surface area contributed by atoms with E-state index in [-0.39, 0.29) is 23.8 Å². The Kier molecular flexibility index (Phi) is 5.27. The first-order valence-electron chi connectivity index (χ1n) is 8.92. The Bertz CT molecular complexity index is 642. The maximum absolute atomic E-state index is 12.3. The van der Waals surface area contributed by atoms with Crippen molar-refractivity contribution in [2.24, 2.45) is 0 Å². The van der Waals surface area contributed by atoms with E-state index in [4.69, 9.17) is 4.74 Å². The Hall–Kier alpha value is -2.08. The van der Waals surface area contributed by atoms with Gasteiger partial charge in [-0.25, -0.2) is 0 Å². The molecular formula is C19H26N2O4. The van der Waals surface area contributed by atoms with E-state index in [1.54, 1.807) is 7.11 Å². The largest absolute Gasteiger partial charge is 0.497 e. The summed E-state index contributed by atoms with van der Waals surface area (Å²) in [5.74, 6) is 0.317. The van der Waals surface area contributed by atoms with E-state index >= 15 is 0 Å². The third-order valence-electron chi connectivity index (χ3n) is 5.25. The normalized spacial score (nSPS) is 22.2. The third kappa shape index (κ3) is 4.12. The lowest BCUT2D eigenvalue weighted by atomic mass is 9.95. The Labute approximate surface area is 148 Å². The molecule has 1 atom stereocenters. The number of nitrogens with one attached hydrogen (secondary N) is 1. The summed E-state index contributed by atoms with van der Waals surface area (Å²) in [6, 6.07) is 7.96. The summed E-state index contributed by atoms with van der Waals surface area (Å²) in [5.41, 5.74) is 1.15. The standard InChI is InChI=1S/C19H26N2O4/c1-25-15-6-4-5-14(11-15)19(8-9-19)13-20-17(23)12-21-10-3-2-7-16(22)18(21)24/h4-6,11,16,22H,2-3,7-10,12-13H2,1H3,(H,20,23). The summed E-state index contributed by atoms with van der Waals surface area (Å²) in [7, 11) is 1.65. The van der Waals surface area contributed by atoms with Crippen LogP contribution in [-0.2, 0) is 15.0 Å². The van der Waals surface area contributed by atoms with Crippen LogP contribution in [0.15, 0.2) is 24.3 Å². The molecule has 1 aromatic carbocycles. The minimum atomic E-state index is -0.971. The quantitative estimate of drug-likeness (QED) is 0.812. The van der Waals surface area contributed by atoms with E-state index < -0.39 is 6.10 Å². The van der Waals surface area contributed by atoms with Crippen LogP contribution in [-0.4, -0.2) is 54.7 Å². The predicted molar refractivity (Wildman–Crippen MR) is 93.4 cm³/mol. The van der Waals surface area contributed by atoms with Crippen molar-refractivity contribution in [3.05, 3.63) is 29.8 Å². The summed E-state index contributed by atoms with van der Waals surface area (Å²) in [5, 5.41) is 12.7. The van der Waals surface area contributed by atoms with Gasteiger partial charge in [0.1, 0.15) is 11.9 Å². The van der Waals surface area contributed by atoms with Crippen LogP contribution in [0.1, 0.15) is 37.7 Å². The van der Waals surface area contributed by atoms with Gasteiger partial charge in [-0.05, 0) is 49.8 Å². The molecule has 6 nitrogen and oxygen atoms in total. The number of rotatable bonds is 6. The highest BCUT2D eigenvalue weighted by molar-refractivity contribution is 5.87. The van der Waals surface area contributed by atoms with Crippen molar-refractivity contribution in [2.75, 3.05) is 26.7 Å². The molecule has 0 bridgehead atoms. The minimum absolute atomic E-state index is 0.0179. The van der Waals surface area contributed by atoms with Gasteiger partial charge in [0.25, 0.3) is 5.91 Å². The van der Waals surface area contributed by atoms with E-state index in [2.05, 4.69) is 11.4 Å². The van der Waals surface area contributed by atoms with E-state index in [0.717, 1.165) is 31.4 Å². The lowest BCUT2D eigenvalue weighted by Crippen LogP contribution is -2.45. The summed E-state index contributed by atoms with van der Waals surface area (Å²) in [6.07, 6.45) is 3.20. The van der Waals surface area contributed by atoms with E-state index in [1.807, 2.05) is 18.2 Å². The van der Waals surface area contributed by atoms with Crippen LogP contribution in [0.4, 0.5) is 0 Å². The number of hydrogen-bond donors (Lipinski definition) is 2. The molecule has 1 saturated heterocycles. The number of nitrogens with zero attached hydrogens (tertiary/aromatic N) is 1. The summed E-state index contributed by atoms with van der Waals surface area (Å²) < 4.78 is 5.28. The third-order valence-corrected chi connectivity index (χ3v) is 5.25. The zero-order valence-electron chi connectivity index (χ0n) is 14.7. The van der Waals surface area contributed by atoms with Crippen molar-refractivity contribution in [3.8, 4) is 5.75 Å². The molecule has 1 aliphatic carbocycles. The predicted octanol–water partition coefficient (Wildman–Crippen LogP) is 1.22. The molecule has 1 aliphatic heterocycles. The fraction of sp³-hybridized carbons (Fsp3) is 0.579. The molecule has 6 heteroatoms. The number of ether oxygens (including phenoxy) is 1. The fourth-order valence-corrected chi connectivity index (χ4v) is 3.41. The van der Waals surface area contributed by atoms with Crippen molar-refractivity contribution < 1.29 is 19.4 Å². The smallest absolute Gasteiger partial charge is 0.251 e. The Morgan fingerprint density at radius 1 is 1.40 bits per heavy atom. The van der Waals surface area contributed by atoms with Crippen molar-refractivity contribution in [1.82, 2.24) is 10.2 Å². The van der Waals surface area contributed by atoms with Crippen molar-refractivity contribution in [1.29, 1.82) is 0 Å². The average Bonchev–Trinajstić information content (AvgIpc) is 3.43. The number of amides is 2. The molecule has 2 aliphatic rings. The van der Waals surface area contributed by atoms with Gasteiger partial charge in [0, 0.05) is 18.5 Å². The Morgan fingerprint density at radius 3 is 2.92 bits per heavy atom. The molecule has 0 spiro atoms. The van der Waals surface area contributed by atoms with Gasteiger partial charge in [-0.2, -0.15) is 0 Å². The van der Waals surface area contributed by atoms with Gasteiger partial charge in [0.05, 0.1) is 13.7 Å². The Balaban J connectivity index is 1.56. The second kappa shape index (κ2) is 7.44. The molecule has 1 unspecified atom stereocenters. The van der Waals surface area contributed by atoms with Gasteiger partial charge in [-0.15, -0.1) is 0 Å². The summed E-state index contributed by atoms with van der Waals surface area (Å²) in [4.78, 5) is 25.8. The molecule has 0 aromatic heterocycles. The van der Waals surface area contributed by atoms with E-state index in [0.29, 0.717) is 19.5 Å². The second-order valence-corrected chi connectivity index (χ2v) is 7.06. The zero-order valence-corrected chi connectivity index (χ0v) is 14.7. The fourth-order valence-electron chi connectivity index (χ4n) is 3.41. The number of likely N-dealkylation sites (tertiary alicyclic amines) is 1. The molecule has 3 rings (SSSR count). The van der Waals surface area contributed by atoms with Crippen molar-refractivity contribution in [3.63, 3.8) is 0 Å². The minimum Gasteiger partial charge on any atom is -0.497 e. The first-order chi connectivity index (χ1) is 12.0. The van der Waals surface area contributed by atoms with Gasteiger partial charge < -0.3 is 20.1 Å². The van der Waals surface area contributed by atoms with E-state index in [1.165, 1.54) is 10.5 Å². The first kappa shape index (κ1) is 17.7. The molecule has 25 heavy (non-hydrogen) atoms. The van der Waals surface area contributed by atoms with E-state index in [9.17, 15) is 14.7 Å². The van der Waals surface area contributed by atoms with Gasteiger partial charge in [0.15, 0.2) is 0 Å². The van der Waals surface area contributed by atoms with Crippen LogP contribution < -0.4 is 10.1 Å². The highest BCUT2D eigenvalue weighted by Crippen LogP contribution is 2.48. The average molecular weight is 346 g/mol. The molecule has 2 amide bonds. The molecular weight excluding hydrogens is 320 g/mol. The second-order valence-electron chi connectivity index (χ2n) is 7.06. The van der Waals surface area contributed by atoms with Crippen LogP contribution in [0.5, 0.6) is 5.75 Å². The number of carbonyl (C=O) groups is 2. The molecule has 0 radical (unpaired) electrons. The zero-order chi connectivity index (χ0) is 17.9. The van der Waals surface area contributed by atoms with Gasteiger partial charge >= 0.3 is 0 Å². The number of benzene rings is 1. The van der Waals surface area contributed by atoms with Crippen LogP contribution >= 0.6 is 0 Å². The van der Waals surface area contributed by atoms with Gasteiger partial charge in [-0.1, -0.05) is 12.1 Å². The lowest BCUT2D eigenvalue weighted by Gasteiger charge is -2.23. The van der Waals surface area contributed by atoms with Crippen LogP contribution in [0.3, 0.4) is 0 Å². The maximum atomic E-state index is 12.3. The van der Waals surface area contributed by atoms with Crippen LogP contribution in [0, 0.1) is 0 Å². The summed E-state index contributed by atoms with van der Waals surface area (Å²) in [6.45, 7) is 1.11. The topological polar surface area (TPSA) is 78.9 Å². The number of carbonyl (C=O) groups excluding carboxylic acids is 2. The van der Waals surface area contributed by atoms with Crippen molar-refractivity contribution >= 4 is 11.8 Å². The molecule has 136 valence electrons. The van der Waals surface area contributed by atoms with Crippen LogP contribution in [0.25, 0.3) is 0 Å². The Morgan fingerprint density at radius 2 is 2.20 bits per heavy atom. The summed E-state index contributed by atoms with van der Waals surface area (Å²) >= 11 is 0. The first-order valence-corrected chi connectivity index (χ1v) is 8.92. The number of methoxy groups -OCH3 is 1. The van der Waals surface area contributed by atoms with Gasteiger partial charge in [0.2, 0.25) is 5.91 Å². The van der Waals surface area contributed by atoms with Crippen LogP contribution in [0.2, 0.25) is 0 Å². The van der Waals surface area contributed by atoms with Crippen molar-refractivity contribution in [2.45, 2.75) is 43.6 Å². The lowest BCUT2D eigenvalue weighted by molar-refractivity contribution is -0.142. The molecule has 2 N–H and O–H groups in total. The highest BCUT2D eigenvalue weighted by atomic mass is 16.5. The molecule has 2 fully saturated rings. The highest BCUT2D eigenvalue weighted by Gasteiger charge is 2.44. The monoisotopic (exact) mass is 346 g/mol.